The van der Waals surface area contributed by atoms with Gasteiger partial charge in [0.15, 0.2) is 0 Å². The molecule has 0 spiro atoms. The summed E-state index contributed by atoms with van der Waals surface area (Å²) in [5, 5.41) is 7.16. The average molecular weight is 587 g/mol. The quantitative estimate of drug-likeness (QED) is 0.221. The number of para-hydroxylation sites is 1. The zero-order valence-electron chi connectivity index (χ0n) is 25.6. The highest BCUT2D eigenvalue weighted by Crippen LogP contribution is 2.43. The first-order chi connectivity index (χ1) is 20.5. The molecule has 2 aromatic heterocycles. The highest BCUT2D eigenvalue weighted by atomic mass is 19.1. The van der Waals surface area contributed by atoms with Crippen molar-refractivity contribution in [1.82, 2.24) is 14.5 Å². The van der Waals surface area contributed by atoms with Gasteiger partial charge >= 0.3 is 0 Å². The third-order valence-corrected chi connectivity index (χ3v) is 7.71. The van der Waals surface area contributed by atoms with Crippen molar-refractivity contribution in [2.45, 2.75) is 26.0 Å². The third-order valence-electron chi connectivity index (χ3n) is 7.71. The van der Waals surface area contributed by atoms with E-state index in [1.54, 1.807) is 19.2 Å². The van der Waals surface area contributed by atoms with Gasteiger partial charge in [-0.15, -0.1) is 0 Å². The first kappa shape index (κ1) is 30.1. The first-order valence-electron chi connectivity index (χ1n) is 14.2. The van der Waals surface area contributed by atoms with Crippen LogP contribution in [0.5, 0.6) is 5.75 Å². The van der Waals surface area contributed by atoms with Crippen LogP contribution in [0.1, 0.15) is 19.5 Å². The van der Waals surface area contributed by atoms with Crippen molar-refractivity contribution in [3.8, 4) is 16.9 Å². The van der Waals surface area contributed by atoms with E-state index in [0.29, 0.717) is 41.7 Å². The molecule has 0 unspecified atom stereocenters. The Bertz CT molecular complexity index is 1680. The van der Waals surface area contributed by atoms with Crippen LogP contribution in [0.25, 0.3) is 22.0 Å². The number of likely N-dealkylation sites (N-methyl/N-ethyl adjacent to an activating group) is 2. The van der Waals surface area contributed by atoms with Crippen molar-refractivity contribution in [2.24, 2.45) is 0 Å². The smallest absolute Gasteiger partial charge is 0.247 e. The highest BCUT2D eigenvalue weighted by molar-refractivity contribution is 6.02. The second-order valence-electron chi connectivity index (χ2n) is 11.6. The lowest BCUT2D eigenvalue weighted by Gasteiger charge is -2.34. The Morgan fingerprint density at radius 1 is 1.19 bits per heavy atom. The van der Waals surface area contributed by atoms with Gasteiger partial charge in [-0.25, -0.2) is 9.37 Å². The Labute approximate surface area is 251 Å². The lowest BCUT2D eigenvalue weighted by Crippen LogP contribution is -2.37. The van der Waals surface area contributed by atoms with Crippen molar-refractivity contribution in [1.29, 1.82) is 0 Å². The van der Waals surface area contributed by atoms with E-state index in [-0.39, 0.29) is 11.4 Å². The van der Waals surface area contributed by atoms with Gasteiger partial charge in [0, 0.05) is 48.2 Å². The van der Waals surface area contributed by atoms with Crippen molar-refractivity contribution in [3.05, 3.63) is 72.8 Å². The largest absolute Gasteiger partial charge is 0.494 e. The van der Waals surface area contributed by atoms with Crippen molar-refractivity contribution >= 4 is 39.7 Å². The number of halogens is 1. The number of carbonyl (C=O) groups excluding carboxylic acids is 1. The van der Waals surface area contributed by atoms with Crippen LogP contribution in [-0.2, 0) is 21.7 Å². The second-order valence-corrected chi connectivity index (χ2v) is 11.6. The molecule has 0 bridgehead atoms. The summed E-state index contributed by atoms with van der Waals surface area (Å²) >= 11 is 0. The van der Waals surface area contributed by atoms with Crippen molar-refractivity contribution in [3.63, 3.8) is 0 Å². The van der Waals surface area contributed by atoms with E-state index in [9.17, 15) is 4.79 Å². The number of fused-ring (bicyclic) bond motifs is 3. The second kappa shape index (κ2) is 12.1. The van der Waals surface area contributed by atoms with Gasteiger partial charge in [0.25, 0.3) is 0 Å². The minimum absolute atomic E-state index is 0.295. The summed E-state index contributed by atoms with van der Waals surface area (Å²) < 4.78 is 29.6. The van der Waals surface area contributed by atoms with Gasteiger partial charge in [-0.1, -0.05) is 24.8 Å². The van der Waals surface area contributed by atoms with E-state index in [0.717, 1.165) is 40.9 Å². The molecule has 9 nitrogen and oxygen atoms in total. The molecule has 5 rings (SSSR count). The third kappa shape index (κ3) is 5.93. The molecule has 4 aromatic rings. The standard InChI is InChI=1S/C33H39FN6O3/c1-8-31(41)37-24-16-25(29(42-7)17-27(24)39(6)14-13-38(4)5)36-30-15-22(23(34)18-35-30)32-21-11-9-10-12-26(21)40-28(32)19-43-20-33(40,2)3/h8-12,15-18H,1,13-14,19-20H2,2-7H3,(H,35,36)(H,37,41). The van der Waals surface area contributed by atoms with Gasteiger partial charge in [0.2, 0.25) is 5.91 Å². The number of nitrogens with one attached hydrogen (secondary N) is 2. The lowest BCUT2D eigenvalue weighted by atomic mass is 10.0. The number of rotatable bonds is 10. The lowest BCUT2D eigenvalue weighted by molar-refractivity contribution is -0.111. The van der Waals surface area contributed by atoms with E-state index in [1.807, 2.05) is 50.3 Å². The Morgan fingerprint density at radius 2 is 1.95 bits per heavy atom. The maximum Gasteiger partial charge on any atom is 0.247 e. The molecule has 3 heterocycles. The molecule has 1 amide bonds. The molecular weight excluding hydrogens is 547 g/mol. The predicted molar refractivity (Wildman–Crippen MR) is 171 cm³/mol. The summed E-state index contributed by atoms with van der Waals surface area (Å²) in [5.41, 5.74) is 4.78. The maximum absolute atomic E-state index is 15.6. The van der Waals surface area contributed by atoms with Crippen molar-refractivity contribution < 1.29 is 18.7 Å². The Balaban J connectivity index is 1.59. The number of aromatic nitrogens is 2. The zero-order chi connectivity index (χ0) is 30.9. The summed E-state index contributed by atoms with van der Waals surface area (Å²) in [6.45, 7) is 10.3. The molecule has 1 aliphatic heterocycles. The van der Waals surface area contributed by atoms with Crippen LogP contribution in [0.4, 0.5) is 27.3 Å². The maximum atomic E-state index is 15.6. The molecular formula is C33H39FN6O3. The minimum Gasteiger partial charge on any atom is -0.494 e. The predicted octanol–water partition coefficient (Wildman–Crippen LogP) is 5.98. The summed E-state index contributed by atoms with van der Waals surface area (Å²) in [5.74, 6) is 0.190. The molecule has 43 heavy (non-hydrogen) atoms. The number of hydrogen-bond donors (Lipinski definition) is 2. The van der Waals surface area contributed by atoms with Gasteiger partial charge in [0.1, 0.15) is 17.4 Å². The van der Waals surface area contributed by atoms with Crippen LogP contribution in [-0.4, -0.2) is 68.3 Å². The Hall–Kier alpha value is -4.41. The fourth-order valence-electron chi connectivity index (χ4n) is 5.63. The Kier molecular flexibility index (Phi) is 8.43. The van der Waals surface area contributed by atoms with E-state index in [2.05, 4.69) is 51.6 Å². The molecule has 0 fully saturated rings. The van der Waals surface area contributed by atoms with Crippen LogP contribution >= 0.6 is 0 Å². The summed E-state index contributed by atoms with van der Waals surface area (Å²) in [4.78, 5) is 20.8. The molecule has 2 aromatic carbocycles. The van der Waals surface area contributed by atoms with Crippen molar-refractivity contribution in [2.75, 3.05) is 63.5 Å². The number of carbonyl (C=O) groups is 1. The monoisotopic (exact) mass is 586 g/mol. The van der Waals surface area contributed by atoms with Crippen LogP contribution in [0.2, 0.25) is 0 Å². The minimum atomic E-state index is -0.433. The fraction of sp³-hybridized carbons (Fsp3) is 0.333. The van der Waals surface area contributed by atoms with Crippen LogP contribution in [0.3, 0.4) is 0 Å². The SMILES string of the molecule is C=CC(=O)Nc1cc(Nc2cc(-c3c4n(c5ccccc35)C(C)(C)COC4)c(F)cn2)c(OC)cc1N(C)CCN(C)C. The number of ether oxygens (including phenoxy) is 2. The number of hydrogen-bond acceptors (Lipinski definition) is 7. The van der Waals surface area contributed by atoms with E-state index in [4.69, 9.17) is 9.47 Å². The molecule has 1 aliphatic rings. The summed E-state index contributed by atoms with van der Waals surface area (Å²) in [6, 6.07) is 13.4. The Morgan fingerprint density at radius 3 is 2.67 bits per heavy atom. The first-order valence-corrected chi connectivity index (χ1v) is 14.2. The normalized spacial score (nSPS) is 14.0. The van der Waals surface area contributed by atoms with Crippen LogP contribution in [0.15, 0.2) is 61.3 Å². The van der Waals surface area contributed by atoms with Crippen LogP contribution in [0, 0.1) is 5.82 Å². The highest BCUT2D eigenvalue weighted by Gasteiger charge is 2.33. The van der Waals surface area contributed by atoms with Gasteiger partial charge in [0.05, 0.1) is 54.8 Å². The number of nitrogens with zero attached hydrogens (tertiary/aromatic N) is 4. The summed E-state index contributed by atoms with van der Waals surface area (Å²) in [7, 11) is 7.55. The number of methoxy groups -OCH3 is 1. The fourth-order valence-corrected chi connectivity index (χ4v) is 5.63. The van der Waals surface area contributed by atoms with E-state index in [1.165, 1.54) is 12.3 Å². The van der Waals surface area contributed by atoms with E-state index < -0.39 is 5.82 Å². The number of amides is 1. The average Bonchev–Trinajstić information content (AvgIpc) is 3.32. The molecule has 0 saturated carbocycles. The number of anilines is 4. The van der Waals surface area contributed by atoms with Gasteiger partial charge in [-0.2, -0.15) is 0 Å². The topological polar surface area (TPSA) is 83.9 Å². The molecule has 2 N–H and O–H groups in total. The zero-order valence-corrected chi connectivity index (χ0v) is 25.6. The summed E-state index contributed by atoms with van der Waals surface area (Å²) in [6.07, 6.45) is 2.45. The van der Waals surface area contributed by atoms with E-state index >= 15 is 4.39 Å². The van der Waals surface area contributed by atoms with Gasteiger partial charge in [-0.3, -0.25) is 4.79 Å². The molecule has 0 saturated heterocycles. The molecule has 226 valence electrons. The van der Waals surface area contributed by atoms with Gasteiger partial charge < -0.3 is 34.5 Å². The molecule has 0 radical (unpaired) electrons. The number of pyridine rings is 1. The molecule has 0 aliphatic carbocycles. The molecule has 10 heteroatoms. The number of benzene rings is 2. The molecule has 0 atom stereocenters. The van der Waals surface area contributed by atoms with Gasteiger partial charge in [-0.05, 0) is 52.2 Å². The van der Waals surface area contributed by atoms with Crippen LogP contribution < -0.4 is 20.3 Å².